The lowest BCUT2D eigenvalue weighted by Gasteiger charge is -2.28. The predicted octanol–water partition coefficient (Wildman–Crippen LogP) is 2.39. The molecule has 1 aliphatic rings. The molecule has 0 saturated carbocycles. The van der Waals surface area contributed by atoms with Crippen LogP contribution >= 0.6 is 0 Å². The third kappa shape index (κ3) is 5.83. The first-order valence-electron chi connectivity index (χ1n) is 10.1. The summed E-state index contributed by atoms with van der Waals surface area (Å²) >= 11 is 0. The SMILES string of the molecule is C[C@H](C(=O)Nc1ccccc1C(=O)NC[C@H]1CCCO1)N(c1ccccc1)S(C)(=O)=O. The van der Waals surface area contributed by atoms with Crippen molar-refractivity contribution in [1.29, 1.82) is 0 Å². The molecule has 2 N–H and O–H groups in total. The molecule has 1 aliphatic heterocycles. The molecule has 2 aromatic carbocycles. The Labute approximate surface area is 182 Å². The molecule has 1 heterocycles. The number of rotatable bonds is 8. The highest BCUT2D eigenvalue weighted by molar-refractivity contribution is 7.92. The fraction of sp³-hybridized carbons (Fsp3) is 0.364. The minimum atomic E-state index is -3.72. The van der Waals surface area contributed by atoms with Gasteiger partial charge in [0.05, 0.1) is 29.3 Å². The zero-order chi connectivity index (χ0) is 22.4. The van der Waals surface area contributed by atoms with Gasteiger partial charge in [-0.15, -0.1) is 0 Å². The summed E-state index contributed by atoms with van der Waals surface area (Å²) in [6.07, 6.45) is 2.93. The maximum Gasteiger partial charge on any atom is 0.253 e. The lowest BCUT2D eigenvalue weighted by Crippen LogP contribution is -2.45. The number of benzene rings is 2. The standard InChI is InChI=1S/C22H27N3O5S/c1-16(25(31(2,28)29)17-9-4-3-5-10-17)21(26)24-20-13-7-6-12-19(20)22(27)23-15-18-11-8-14-30-18/h3-7,9-10,12-13,16,18H,8,11,14-15H2,1-2H3,(H,23,27)(H,24,26)/t16-,18-/m1/s1. The van der Waals surface area contributed by atoms with Crippen molar-refractivity contribution in [2.75, 3.05) is 29.0 Å². The van der Waals surface area contributed by atoms with Crippen LogP contribution in [-0.2, 0) is 19.6 Å². The summed E-state index contributed by atoms with van der Waals surface area (Å²) in [4.78, 5) is 25.6. The number of nitrogens with zero attached hydrogens (tertiary/aromatic N) is 1. The summed E-state index contributed by atoms with van der Waals surface area (Å²) in [5, 5.41) is 5.54. The van der Waals surface area contributed by atoms with E-state index >= 15 is 0 Å². The third-order valence-electron chi connectivity index (χ3n) is 5.04. The van der Waals surface area contributed by atoms with Gasteiger partial charge in [-0.3, -0.25) is 13.9 Å². The van der Waals surface area contributed by atoms with Gasteiger partial charge in [-0.25, -0.2) is 8.42 Å². The number of hydrogen-bond donors (Lipinski definition) is 2. The van der Waals surface area contributed by atoms with E-state index in [1.807, 2.05) is 0 Å². The maximum atomic E-state index is 12.9. The Morgan fingerprint density at radius 3 is 2.45 bits per heavy atom. The van der Waals surface area contributed by atoms with Crippen molar-refractivity contribution in [2.45, 2.75) is 31.9 Å². The summed E-state index contributed by atoms with van der Waals surface area (Å²) in [6.45, 7) is 2.60. The Morgan fingerprint density at radius 1 is 1.13 bits per heavy atom. The number of carbonyl (C=O) groups is 2. The summed E-state index contributed by atoms with van der Waals surface area (Å²) in [6, 6.07) is 14.0. The number of anilines is 2. The van der Waals surface area contributed by atoms with Crippen molar-refractivity contribution in [1.82, 2.24) is 5.32 Å². The van der Waals surface area contributed by atoms with E-state index in [1.165, 1.54) is 6.92 Å². The molecule has 0 unspecified atom stereocenters. The second-order valence-electron chi connectivity index (χ2n) is 7.45. The topological polar surface area (TPSA) is 105 Å². The molecule has 0 radical (unpaired) electrons. The van der Waals surface area contributed by atoms with Gasteiger partial charge in [-0.05, 0) is 44.0 Å². The van der Waals surface area contributed by atoms with Crippen molar-refractivity contribution < 1.29 is 22.7 Å². The van der Waals surface area contributed by atoms with Crippen molar-refractivity contribution in [3.05, 3.63) is 60.2 Å². The van der Waals surface area contributed by atoms with Gasteiger partial charge in [0.2, 0.25) is 15.9 Å². The van der Waals surface area contributed by atoms with E-state index in [0.29, 0.717) is 30.1 Å². The number of sulfonamides is 1. The highest BCUT2D eigenvalue weighted by Crippen LogP contribution is 2.22. The molecule has 2 atom stereocenters. The van der Waals surface area contributed by atoms with Gasteiger partial charge in [0.15, 0.2) is 0 Å². The van der Waals surface area contributed by atoms with Gasteiger partial charge >= 0.3 is 0 Å². The Kier molecular flexibility index (Phi) is 7.29. The number of amides is 2. The molecule has 9 heteroatoms. The van der Waals surface area contributed by atoms with Crippen LogP contribution in [0.1, 0.15) is 30.1 Å². The average Bonchev–Trinajstić information content (AvgIpc) is 3.26. The van der Waals surface area contributed by atoms with Crippen LogP contribution in [0.2, 0.25) is 0 Å². The van der Waals surface area contributed by atoms with Crippen LogP contribution in [0, 0.1) is 0 Å². The van der Waals surface area contributed by atoms with Crippen LogP contribution in [0.15, 0.2) is 54.6 Å². The Balaban J connectivity index is 1.75. The van der Waals surface area contributed by atoms with Crippen LogP contribution in [0.4, 0.5) is 11.4 Å². The van der Waals surface area contributed by atoms with E-state index in [-0.39, 0.29) is 12.0 Å². The first-order valence-corrected chi connectivity index (χ1v) is 12.0. The first-order chi connectivity index (χ1) is 14.8. The smallest absolute Gasteiger partial charge is 0.253 e. The fourth-order valence-electron chi connectivity index (χ4n) is 3.52. The summed E-state index contributed by atoms with van der Waals surface area (Å²) in [7, 11) is -3.72. The predicted molar refractivity (Wildman–Crippen MR) is 120 cm³/mol. The fourth-order valence-corrected chi connectivity index (χ4v) is 4.69. The lowest BCUT2D eigenvalue weighted by atomic mass is 10.1. The van der Waals surface area contributed by atoms with Gasteiger partial charge in [0.25, 0.3) is 5.91 Å². The Bertz CT molecular complexity index is 1020. The van der Waals surface area contributed by atoms with Gasteiger partial charge < -0.3 is 15.4 Å². The van der Waals surface area contributed by atoms with Crippen molar-refractivity contribution in [2.24, 2.45) is 0 Å². The molecule has 8 nitrogen and oxygen atoms in total. The molecular formula is C22H27N3O5S. The maximum absolute atomic E-state index is 12.9. The van der Waals surface area contributed by atoms with Gasteiger partial charge in [0, 0.05) is 13.2 Å². The van der Waals surface area contributed by atoms with E-state index < -0.39 is 22.0 Å². The van der Waals surface area contributed by atoms with Crippen LogP contribution in [0.25, 0.3) is 0 Å². The van der Waals surface area contributed by atoms with E-state index in [0.717, 1.165) is 23.4 Å². The molecule has 1 fully saturated rings. The van der Waals surface area contributed by atoms with E-state index in [4.69, 9.17) is 4.74 Å². The highest BCUT2D eigenvalue weighted by atomic mass is 32.2. The molecule has 2 aromatic rings. The molecule has 166 valence electrons. The van der Waals surface area contributed by atoms with E-state index in [9.17, 15) is 18.0 Å². The first kappa shape index (κ1) is 22.8. The molecule has 0 spiro atoms. The zero-order valence-corrected chi connectivity index (χ0v) is 18.4. The minimum absolute atomic E-state index is 0.0000768. The van der Waals surface area contributed by atoms with Gasteiger partial charge in [-0.1, -0.05) is 30.3 Å². The highest BCUT2D eigenvalue weighted by Gasteiger charge is 2.29. The Morgan fingerprint density at radius 2 is 1.81 bits per heavy atom. The monoisotopic (exact) mass is 445 g/mol. The normalized spacial score (nSPS) is 17.0. The quantitative estimate of drug-likeness (QED) is 0.649. The van der Waals surface area contributed by atoms with Crippen LogP contribution < -0.4 is 14.9 Å². The number of ether oxygens (including phenoxy) is 1. The van der Waals surface area contributed by atoms with Crippen LogP contribution in [0.5, 0.6) is 0 Å². The molecule has 1 saturated heterocycles. The molecule has 31 heavy (non-hydrogen) atoms. The molecule has 2 amide bonds. The number of hydrogen-bond acceptors (Lipinski definition) is 5. The lowest BCUT2D eigenvalue weighted by molar-refractivity contribution is -0.116. The van der Waals surface area contributed by atoms with Crippen LogP contribution in [-0.4, -0.2) is 51.8 Å². The van der Waals surface area contributed by atoms with Crippen molar-refractivity contribution in [3.8, 4) is 0 Å². The summed E-state index contributed by atoms with van der Waals surface area (Å²) in [5.74, 6) is -0.879. The zero-order valence-electron chi connectivity index (χ0n) is 17.6. The molecule has 0 aromatic heterocycles. The molecule has 0 aliphatic carbocycles. The van der Waals surface area contributed by atoms with E-state index in [1.54, 1.807) is 54.6 Å². The Hall–Kier alpha value is -2.91. The minimum Gasteiger partial charge on any atom is -0.376 e. The molecule has 0 bridgehead atoms. The molecule has 3 rings (SSSR count). The van der Waals surface area contributed by atoms with Gasteiger partial charge in [-0.2, -0.15) is 0 Å². The average molecular weight is 446 g/mol. The van der Waals surface area contributed by atoms with Crippen LogP contribution in [0.3, 0.4) is 0 Å². The largest absolute Gasteiger partial charge is 0.376 e. The number of nitrogens with one attached hydrogen (secondary N) is 2. The van der Waals surface area contributed by atoms with Crippen molar-refractivity contribution >= 4 is 33.2 Å². The number of carbonyl (C=O) groups excluding carboxylic acids is 2. The second-order valence-corrected chi connectivity index (χ2v) is 9.31. The number of para-hydroxylation sites is 2. The van der Waals surface area contributed by atoms with Gasteiger partial charge in [0.1, 0.15) is 6.04 Å². The summed E-state index contributed by atoms with van der Waals surface area (Å²) in [5.41, 5.74) is 0.993. The summed E-state index contributed by atoms with van der Waals surface area (Å²) < 4.78 is 31.3. The van der Waals surface area contributed by atoms with E-state index in [2.05, 4.69) is 10.6 Å². The van der Waals surface area contributed by atoms with Crippen molar-refractivity contribution in [3.63, 3.8) is 0 Å². The second kappa shape index (κ2) is 9.93. The third-order valence-corrected chi connectivity index (χ3v) is 6.28. The molecular weight excluding hydrogens is 418 g/mol.